The molecular weight excluding hydrogens is 429 g/mol. The normalized spacial score (nSPS) is 11.6. The molecule has 162 valence electrons. The van der Waals surface area contributed by atoms with Gasteiger partial charge in [0.1, 0.15) is 25.5 Å². The Morgan fingerprint density at radius 1 is 0.967 bits per heavy atom. The fourth-order valence-corrected chi connectivity index (χ4v) is 2.67. The molecule has 3 N–H and O–H groups in total. The smallest absolute Gasteiger partial charge is 0.416 e. The van der Waals surface area contributed by atoms with E-state index in [9.17, 15) is 31.2 Å². The molecule has 8 nitrogen and oxygen atoms in total. The lowest BCUT2D eigenvalue weighted by molar-refractivity contribution is -0.143. The third-order valence-electron chi connectivity index (χ3n) is 3.64. The number of carbonyl (C=O) groups excluding carboxylic acids is 2. The summed E-state index contributed by atoms with van der Waals surface area (Å²) in [4.78, 5) is 23.4. The standard InChI is InChI=1S/C18H17F3N2O6S/c19-18(20,21)13-3-1-12(2-4-13)17(25)23-11-16(24)29-10-9-28-14-5-7-15(8-6-14)30(22,26)27/h1-8H,9-11H2,(H,23,25)(H2,22,26,27). The Bertz CT molecular complexity index is 990. The zero-order valence-electron chi connectivity index (χ0n) is 15.3. The van der Waals surface area contributed by atoms with Crippen LogP contribution in [0.5, 0.6) is 5.75 Å². The number of amides is 1. The summed E-state index contributed by atoms with van der Waals surface area (Å²) in [5, 5.41) is 7.20. The third kappa shape index (κ3) is 7.04. The molecule has 0 heterocycles. The van der Waals surface area contributed by atoms with E-state index in [1.54, 1.807) is 0 Å². The molecule has 0 aliphatic rings. The number of carbonyl (C=O) groups is 2. The number of sulfonamides is 1. The van der Waals surface area contributed by atoms with Gasteiger partial charge in [0.2, 0.25) is 10.0 Å². The van der Waals surface area contributed by atoms with Gasteiger partial charge in [0.25, 0.3) is 5.91 Å². The molecule has 0 saturated heterocycles. The number of ether oxygens (including phenoxy) is 2. The first kappa shape index (κ1) is 23.2. The lowest BCUT2D eigenvalue weighted by Crippen LogP contribution is -2.31. The van der Waals surface area contributed by atoms with E-state index in [-0.39, 0.29) is 23.7 Å². The topological polar surface area (TPSA) is 125 Å². The van der Waals surface area contributed by atoms with Crippen LogP contribution in [-0.4, -0.2) is 40.1 Å². The van der Waals surface area contributed by atoms with Gasteiger partial charge in [-0.25, -0.2) is 13.6 Å². The SMILES string of the molecule is NS(=O)(=O)c1ccc(OCCOC(=O)CNC(=O)c2ccc(C(F)(F)F)cc2)cc1. The fourth-order valence-electron chi connectivity index (χ4n) is 2.16. The summed E-state index contributed by atoms with van der Waals surface area (Å²) in [5.41, 5.74) is -0.931. The Kier molecular flexibility index (Phi) is 7.40. The number of esters is 1. The van der Waals surface area contributed by atoms with Crippen LogP contribution in [-0.2, 0) is 25.7 Å². The number of hydrogen-bond donors (Lipinski definition) is 2. The number of benzene rings is 2. The molecule has 0 fully saturated rings. The van der Waals surface area contributed by atoms with E-state index in [4.69, 9.17) is 14.6 Å². The van der Waals surface area contributed by atoms with Crippen molar-refractivity contribution in [1.82, 2.24) is 5.32 Å². The number of rotatable bonds is 8. The molecule has 2 rings (SSSR count). The van der Waals surface area contributed by atoms with Crippen molar-refractivity contribution >= 4 is 21.9 Å². The average Bonchev–Trinajstić information content (AvgIpc) is 2.68. The van der Waals surface area contributed by atoms with E-state index < -0.39 is 40.2 Å². The average molecular weight is 446 g/mol. The van der Waals surface area contributed by atoms with E-state index in [1.165, 1.54) is 24.3 Å². The summed E-state index contributed by atoms with van der Waals surface area (Å²) < 4.78 is 69.9. The lowest BCUT2D eigenvalue weighted by Gasteiger charge is -2.09. The third-order valence-corrected chi connectivity index (χ3v) is 4.56. The number of hydrogen-bond acceptors (Lipinski definition) is 6. The summed E-state index contributed by atoms with van der Waals surface area (Å²) in [5.74, 6) is -1.18. The summed E-state index contributed by atoms with van der Waals surface area (Å²) in [6.07, 6.45) is -4.51. The van der Waals surface area contributed by atoms with Crippen LogP contribution in [0.1, 0.15) is 15.9 Å². The van der Waals surface area contributed by atoms with Crippen molar-refractivity contribution in [3.8, 4) is 5.75 Å². The van der Waals surface area contributed by atoms with E-state index in [0.29, 0.717) is 5.75 Å². The quantitative estimate of drug-likeness (QED) is 0.470. The molecule has 0 radical (unpaired) electrons. The van der Waals surface area contributed by atoms with Crippen molar-refractivity contribution in [2.75, 3.05) is 19.8 Å². The van der Waals surface area contributed by atoms with Crippen LogP contribution in [0.15, 0.2) is 53.4 Å². The number of nitrogens with one attached hydrogen (secondary N) is 1. The highest BCUT2D eigenvalue weighted by Crippen LogP contribution is 2.29. The minimum absolute atomic E-state index is 0.0344. The minimum atomic E-state index is -4.51. The molecule has 30 heavy (non-hydrogen) atoms. The van der Waals surface area contributed by atoms with E-state index in [0.717, 1.165) is 24.3 Å². The van der Waals surface area contributed by atoms with E-state index in [1.807, 2.05) is 0 Å². The Morgan fingerprint density at radius 2 is 1.57 bits per heavy atom. The molecule has 0 atom stereocenters. The van der Waals surface area contributed by atoms with Crippen molar-refractivity contribution in [2.45, 2.75) is 11.1 Å². The van der Waals surface area contributed by atoms with Crippen molar-refractivity contribution in [3.63, 3.8) is 0 Å². The van der Waals surface area contributed by atoms with Crippen LogP contribution < -0.4 is 15.2 Å². The highest BCUT2D eigenvalue weighted by Gasteiger charge is 2.30. The molecule has 0 bridgehead atoms. The van der Waals surface area contributed by atoms with Gasteiger partial charge in [-0.3, -0.25) is 9.59 Å². The van der Waals surface area contributed by atoms with Gasteiger partial charge in [0.05, 0.1) is 10.5 Å². The molecule has 0 aliphatic heterocycles. The highest BCUT2D eigenvalue weighted by atomic mass is 32.2. The van der Waals surface area contributed by atoms with Crippen molar-refractivity contribution in [3.05, 3.63) is 59.7 Å². The van der Waals surface area contributed by atoms with Crippen LogP contribution in [0.4, 0.5) is 13.2 Å². The number of nitrogens with two attached hydrogens (primary N) is 1. The van der Waals surface area contributed by atoms with Crippen molar-refractivity contribution < 1.29 is 40.7 Å². The zero-order valence-corrected chi connectivity index (χ0v) is 16.1. The van der Waals surface area contributed by atoms with Crippen molar-refractivity contribution in [2.24, 2.45) is 5.14 Å². The lowest BCUT2D eigenvalue weighted by atomic mass is 10.1. The van der Waals surface area contributed by atoms with Gasteiger partial charge < -0.3 is 14.8 Å². The molecule has 1 amide bonds. The molecule has 12 heteroatoms. The van der Waals surface area contributed by atoms with Crippen LogP contribution in [0.3, 0.4) is 0 Å². The highest BCUT2D eigenvalue weighted by molar-refractivity contribution is 7.89. The molecule has 0 aliphatic carbocycles. The van der Waals surface area contributed by atoms with Gasteiger partial charge in [0, 0.05) is 5.56 Å². The Morgan fingerprint density at radius 3 is 2.10 bits per heavy atom. The van der Waals surface area contributed by atoms with Gasteiger partial charge in [-0.15, -0.1) is 0 Å². The second-order valence-electron chi connectivity index (χ2n) is 5.84. The minimum Gasteiger partial charge on any atom is -0.490 e. The second-order valence-corrected chi connectivity index (χ2v) is 7.40. The summed E-state index contributed by atoms with van der Waals surface area (Å²) in [7, 11) is -3.81. The largest absolute Gasteiger partial charge is 0.490 e. The zero-order chi connectivity index (χ0) is 22.4. The van der Waals surface area contributed by atoms with E-state index >= 15 is 0 Å². The fraction of sp³-hybridized carbons (Fsp3) is 0.222. The van der Waals surface area contributed by atoms with Crippen molar-refractivity contribution in [1.29, 1.82) is 0 Å². The number of halogens is 3. The van der Waals surface area contributed by atoms with Crippen LogP contribution in [0.2, 0.25) is 0 Å². The predicted octanol–water partition coefficient (Wildman–Crippen LogP) is 1.70. The molecule has 2 aromatic rings. The first-order chi connectivity index (χ1) is 14.0. The summed E-state index contributed by atoms with van der Waals surface area (Å²) in [6.45, 7) is -0.665. The molecular formula is C18H17F3N2O6S. The second kappa shape index (κ2) is 9.59. The first-order valence-electron chi connectivity index (χ1n) is 8.33. The Hall–Kier alpha value is -3.12. The van der Waals surface area contributed by atoms with Gasteiger partial charge >= 0.3 is 12.1 Å². The van der Waals surface area contributed by atoms with Crippen LogP contribution in [0, 0.1) is 0 Å². The molecule has 0 spiro atoms. The maximum absolute atomic E-state index is 12.5. The predicted molar refractivity (Wildman–Crippen MR) is 98.0 cm³/mol. The van der Waals surface area contributed by atoms with Crippen LogP contribution in [0.25, 0.3) is 0 Å². The van der Waals surface area contributed by atoms with Crippen LogP contribution >= 0.6 is 0 Å². The Balaban J connectivity index is 1.70. The maximum atomic E-state index is 12.5. The molecule has 0 saturated carbocycles. The number of alkyl halides is 3. The maximum Gasteiger partial charge on any atom is 0.416 e. The molecule has 0 unspecified atom stereocenters. The molecule has 0 aromatic heterocycles. The van der Waals surface area contributed by atoms with Gasteiger partial charge in [0.15, 0.2) is 0 Å². The van der Waals surface area contributed by atoms with Gasteiger partial charge in [-0.05, 0) is 48.5 Å². The first-order valence-corrected chi connectivity index (χ1v) is 9.88. The summed E-state index contributed by atoms with van der Waals surface area (Å²) in [6, 6.07) is 8.80. The van der Waals surface area contributed by atoms with Gasteiger partial charge in [-0.1, -0.05) is 0 Å². The van der Waals surface area contributed by atoms with E-state index in [2.05, 4.69) is 5.32 Å². The van der Waals surface area contributed by atoms with Gasteiger partial charge in [-0.2, -0.15) is 13.2 Å². The molecule has 2 aromatic carbocycles. The number of primary sulfonamides is 1. The summed E-state index contributed by atoms with van der Waals surface area (Å²) >= 11 is 0. The Labute approximate surface area is 169 Å². The monoisotopic (exact) mass is 446 g/mol.